The minimum Gasteiger partial charge on any atom is -0.339 e. The van der Waals surface area contributed by atoms with Crippen LogP contribution in [0.25, 0.3) is 0 Å². The lowest BCUT2D eigenvalue weighted by atomic mass is 9.90. The van der Waals surface area contributed by atoms with Crippen molar-refractivity contribution in [2.75, 3.05) is 39.3 Å². The molecule has 0 aliphatic carbocycles. The summed E-state index contributed by atoms with van der Waals surface area (Å²) in [5.74, 6) is 0.977. The number of piperidine rings is 1. The molecule has 0 saturated carbocycles. The summed E-state index contributed by atoms with van der Waals surface area (Å²) in [6.07, 6.45) is 3.94. The van der Waals surface area contributed by atoms with Crippen molar-refractivity contribution in [2.24, 2.45) is 5.92 Å². The fourth-order valence-corrected chi connectivity index (χ4v) is 3.18. The molecule has 1 N–H and O–H groups in total. The standard InChI is InChI=1S/C15H26N4O/c1-2-13-4-6-17-14(12-13)15(20)19-10-8-18(9-11-19)7-3-5-16/h13-14,17H,2-4,6-12H2,1H3. The number of carbonyl (C=O) groups excluding carboxylic acids is 1. The van der Waals surface area contributed by atoms with Gasteiger partial charge in [-0.2, -0.15) is 5.26 Å². The molecular formula is C15H26N4O. The molecule has 1 amide bonds. The Morgan fingerprint density at radius 1 is 1.35 bits per heavy atom. The third-order valence-electron chi connectivity index (χ3n) is 4.61. The molecule has 2 atom stereocenters. The van der Waals surface area contributed by atoms with Gasteiger partial charge in [-0.1, -0.05) is 13.3 Å². The lowest BCUT2D eigenvalue weighted by Gasteiger charge is -2.38. The highest BCUT2D eigenvalue weighted by atomic mass is 16.2. The summed E-state index contributed by atoms with van der Waals surface area (Å²) in [6, 6.07) is 2.21. The second-order valence-electron chi connectivity index (χ2n) is 5.88. The Labute approximate surface area is 121 Å². The molecular weight excluding hydrogens is 252 g/mol. The van der Waals surface area contributed by atoms with Crippen molar-refractivity contribution < 1.29 is 4.79 Å². The van der Waals surface area contributed by atoms with Crippen molar-refractivity contribution in [1.29, 1.82) is 5.26 Å². The molecule has 0 aromatic rings. The summed E-state index contributed by atoms with van der Waals surface area (Å²) in [7, 11) is 0. The third kappa shape index (κ3) is 3.94. The second-order valence-corrected chi connectivity index (χ2v) is 5.88. The van der Waals surface area contributed by atoms with Gasteiger partial charge in [0.2, 0.25) is 5.91 Å². The molecule has 2 saturated heterocycles. The zero-order chi connectivity index (χ0) is 14.4. The Kier molecular flexibility index (Phi) is 5.81. The van der Waals surface area contributed by atoms with Crippen LogP contribution in [0.4, 0.5) is 0 Å². The Balaban J connectivity index is 1.78. The zero-order valence-electron chi connectivity index (χ0n) is 12.5. The molecule has 0 aromatic carbocycles. The molecule has 0 bridgehead atoms. The van der Waals surface area contributed by atoms with Crippen LogP contribution >= 0.6 is 0 Å². The molecule has 0 spiro atoms. The normalized spacial score (nSPS) is 28.1. The lowest BCUT2D eigenvalue weighted by molar-refractivity contribution is -0.136. The van der Waals surface area contributed by atoms with Gasteiger partial charge in [-0.15, -0.1) is 0 Å². The third-order valence-corrected chi connectivity index (χ3v) is 4.61. The number of amides is 1. The van der Waals surface area contributed by atoms with E-state index in [1.54, 1.807) is 0 Å². The van der Waals surface area contributed by atoms with Crippen LogP contribution in [0.3, 0.4) is 0 Å². The Bertz CT molecular complexity index is 357. The van der Waals surface area contributed by atoms with E-state index in [2.05, 4.69) is 23.2 Å². The number of hydrogen-bond donors (Lipinski definition) is 1. The average molecular weight is 278 g/mol. The molecule has 2 heterocycles. The summed E-state index contributed by atoms with van der Waals surface area (Å²) in [5.41, 5.74) is 0. The number of hydrogen-bond acceptors (Lipinski definition) is 4. The highest BCUT2D eigenvalue weighted by Gasteiger charge is 2.30. The summed E-state index contributed by atoms with van der Waals surface area (Å²) in [5, 5.41) is 12.0. The van der Waals surface area contributed by atoms with E-state index in [-0.39, 0.29) is 11.9 Å². The maximum absolute atomic E-state index is 12.5. The number of nitrogens with one attached hydrogen (secondary N) is 1. The van der Waals surface area contributed by atoms with Crippen molar-refractivity contribution in [3.63, 3.8) is 0 Å². The first-order valence-electron chi connectivity index (χ1n) is 7.86. The van der Waals surface area contributed by atoms with Gasteiger partial charge in [0.1, 0.15) is 0 Å². The van der Waals surface area contributed by atoms with Gasteiger partial charge in [-0.25, -0.2) is 0 Å². The van der Waals surface area contributed by atoms with E-state index in [1.165, 1.54) is 12.8 Å². The largest absolute Gasteiger partial charge is 0.339 e. The van der Waals surface area contributed by atoms with Gasteiger partial charge in [0, 0.05) is 39.1 Å². The first kappa shape index (κ1) is 15.3. The first-order chi connectivity index (χ1) is 9.74. The van der Waals surface area contributed by atoms with Crippen LogP contribution in [-0.4, -0.2) is 61.0 Å². The summed E-state index contributed by atoms with van der Waals surface area (Å²) < 4.78 is 0. The van der Waals surface area contributed by atoms with Gasteiger partial charge >= 0.3 is 0 Å². The monoisotopic (exact) mass is 278 g/mol. The predicted octanol–water partition coefficient (Wildman–Crippen LogP) is 0.822. The Morgan fingerprint density at radius 3 is 2.75 bits per heavy atom. The van der Waals surface area contributed by atoms with E-state index < -0.39 is 0 Å². The van der Waals surface area contributed by atoms with Crippen LogP contribution < -0.4 is 5.32 Å². The topological polar surface area (TPSA) is 59.4 Å². The van der Waals surface area contributed by atoms with Crippen LogP contribution in [-0.2, 0) is 4.79 Å². The smallest absolute Gasteiger partial charge is 0.239 e. The number of nitriles is 1. The van der Waals surface area contributed by atoms with E-state index in [0.29, 0.717) is 12.3 Å². The van der Waals surface area contributed by atoms with E-state index in [4.69, 9.17) is 5.26 Å². The van der Waals surface area contributed by atoms with Crippen LogP contribution in [0.5, 0.6) is 0 Å². The van der Waals surface area contributed by atoms with Crippen molar-refractivity contribution in [1.82, 2.24) is 15.1 Å². The maximum Gasteiger partial charge on any atom is 0.239 e. The minimum absolute atomic E-state index is 0.0272. The van der Waals surface area contributed by atoms with E-state index >= 15 is 0 Å². The van der Waals surface area contributed by atoms with Crippen molar-refractivity contribution in [2.45, 2.75) is 38.6 Å². The molecule has 2 aliphatic rings. The average Bonchev–Trinajstić information content (AvgIpc) is 2.52. The molecule has 2 aliphatic heterocycles. The number of rotatable bonds is 4. The van der Waals surface area contributed by atoms with Crippen LogP contribution in [0.2, 0.25) is 0 Å². The lowest BCUT2D eigenvalue weighted by Crippen LogP contribution is -2.55. The number of piperazine rings is 1. The highest BCUT2D eigenvalue weighted by Crippen LogP contribution is 2.20. The molecule has 2 fully saturated rings. The van der Waals surface area contributed by atoms with Gasteiger partial charge < -0.3 is 10.2 Å². The predicted molar refractivity (Wildman–Crippen MR) is 78.1 cm³/mol. The number of carbonyl (C=O) groups is 1. The SMILES string of the molecule is CCC1CCNC(C(=O)N2CCN(CCC#N)CC2)C1. The molecule has 0 aromatic heterocycles. The zero-order valence-corrected chi connectivity index (χ0v) is 12.5. The number of nitrogens with zero attached hydrogens (tertiary/aromatic N) is 3. The van der Waals surface area contributed by atoms with E-state index in [0.717, 1.165) is 45.7 Å². The van der Waals surface area contributed by atoms with Crippen LogP contribution in [0.15, 0.2) is 0 Å². The van der Waals surface area contributed by atoms with Gasteiger partial charge in [0.25, 0.3) is 0 Å². The van der Waals surface area contributed by atoms with Crippen LogP contribution in [0, 0.1) is 17.2 Å². The quantitative estimate of drug-likeness (QED) is 0.827. The molecule has 2 rings (SSSR count). The summed E-state index contributed by atoms with van der Waals surface area (Å²) in [4.78, 5) is 16.8. The molecule has 5 nitrogen and oxygen atoms in total. The fourth-order valence-electron chi connectivity index (χ4n) is 3.18. The van der Waals surface area contributed by atoms with Gasteiger partial charge in [-0.05, 0) is 25.3 Å². The second kappa shape index (κ2) is 7.61. The minimum atomic E-state index is 0.0272. The highest BCUT2D eigenvalue weighted by molar-refractivity contribution is 5.82. The van der Waals surface area contributed by atoms with Gasteiger partial charge in [0.05, 0.1) is 12.1 Å². The van der Waals surface area contributed by atoms with Crippen molar-refractivity contribution in [3.05, 3.63) is 0 Å². The van der Waals surface area contributed by atoms with Crippen molar-refractivity contribution >= 4 is 5.91 Å². The maximum atomic E-state index is 12.5. The molecule has 5 heteroatoms. The van der Waals surface area contributed by atoms with Crippen LogP contribution in [0.1, 0.15) is 32.6 Å². The van der Waals surface area contributed by atoms with Gasteiger partial charge in [-0.3, -0.25) is 9.69 Å². The Morgan fingerprint density at radius 2 is 2.10 bits per heavy atom. The fraction of sp³-hybridized carbons (Fsp3) is 0.867. The molecule has 20 heavy (non-hydrogen) atoms. The van der Waals surface area contributed by atoms with Crippen molar-refractivity contribution in [3.8, 4) is 6.07 Å². The summed E-state index contributed by atoms with van der Waals surface area (Å²) >= 11 is 0. The molecule has 112 valence electrons. The van der Waals surface area contributed by atoms with E-state index in [1.807, 2.05) is 4.90 Å². The summed E-state index contributed by atoms with van der Waals surface area (Å²) in [6.45, 7) is 7.42. The first-order valence-corrected chi connectivity index (χ1v) is 7.86. The van der Waals surface area contributed by atoms with E-state index in [9.17, 15) is 4.79 Å². The van der Waals surface area contributed by atoms with Gasteiger partial charge in [0.15, 0.2) is 0 Å². The molecule has 2 unspecified atom stereocenters. The molecule has 0 radical (unpaired) electrons. The Hall–Kier alpha value is -1.12.